The lowest BCUT2D eigenvalue weighted by Gasteiger charge is -2.22. The van der Waals surface area contributed by atoms with E-state index < -0.39 is 0 Å². The van der Waals surface area contributed by atoms with Crippen molar-refractivity contribution in [3.05, 3.63) is 104 Å². The third-order valence-corrected chi connectivity index (χ3v) is 8.23. The highest BCUT2D eigenvalue weighted by Crippen LogP contribution is 2.38. The summed E-state index contributed by atoms with van der Waals surface area (Å²) >= 11 is 3.60. The average Bonchev–Trinajstić information content (AvgIpc) is 2.70. The molecule has 0 radical (unpaired) electrons. The average molecular weight is 515 g/mol. The molecule has 2 heteroatoms. The van der Waals surface area contributed by atoms with Gasteiger partial charge in [0.1, 0.15) is 0 Å². The van der Waals surface area contributed by atoms with Gasteiger partial charge in [-0.3, -0.25) is 0 Å². The van der Waals surface area contributed by atoms with Crippen molar-refractivity contribution in [1.29, 1.82) is 0 Å². The van der Waals surface area contributed by atoms with E-state index in [2.05, 4.69) is 125 Å². The van der Waals surface area contributed by atoms with Crippen LogP contribution in [0.2, 0.25) is 0 Å². The molecule has 0 N–H and O–H groups in total. The first-order valence-electron chi connectivity index (χ1n) is 11.5. The van der Waals surface area contributed by atoms with E-state index in [9.17, 15) is 0 Å². The third-order valence-electron chi connectivity index (χ3n) is 6.29. The Bertz CT molecular complexity index is 1220. The minimum atomic E-state index is 0.577. The Labute approximate surface area is 209 Å². The molecule has 0 aliphatic rings. The van der Waals surface area contributed by atoms with Crippen LogP contribution in [0.15, 0.2) is 65.1 Å². The van der Waals surface area contributed by atoms with Gasteiger partial charge in [0.25, 0.3) is 0 Å². The summed E-state index contributed by atoms with van der Waals surface area (Å²) in [7, 11) is 0.577. The van der Waals surface area contributed by atoms with Gasteiger partial charge in [0.15, 0.2) is 0 Å². The van der Waals surface area contributed by atoms with Crippen LogP contribution in [0, 0.1) is 48.5 Å². The maximum atomic E-state index is 3.60. The molecule has 0 aromatic heterocycles. The molecule has 0 saturated heterocycles. The molecule has 0 nitrogen and oxygen atoms in total. The zero-order valence-corrected chi connectivity index (χ0v) is 23.2. The first kappa shape index (κ1) is 23.9. The molecule has 0 spiro atoms. The molecular weight excluding hydrogens is 483 g/mol. The SMILES string of the molecule is Cc1cc(C)c(-c2cc(C)cc(-c3c(C)cc(C)cc3C)c2Pc2ccc(Br)cc2)c(C)c1. The molecule has 4 aromatic rings. The van der Waals surface area contributed by atoms with Gasteiger partial charge >= 0.3 is 0 Å². The van der Waals surface area contributed by atoms with Crippen LogP contribution in [0.25, 0.3) is 22.3 Å². The highest BCUT2D eigenvalue weighted by Gasteiger charge is 2.19. The topological polar surface area (TPSA) is 0 Å². The molecule has 1 atom stereocenters. The number of benzene rings is 4. The molecule has 4 rings (SSSR count). The van der Waals surface area contributed by atoms with Crippen LogP contribution < -0.4 is 10.6 Å². The van der Waals surface area contributed by atoms with E-state index >= 15 is 0 Å². The molecular formula is C31H32BrP. The predicted molar refractivity (Wildman–Crippen MR) is 152 cm³/mol. The number of hydrogen-bond donors (Lipinski definition) is 0. The fourth-order valence-electron chi connectivity index (χ4n) is 5.20. The summed E-state index contributed by atoms with van der Waals surface area (Å²) in [6, 6.07) is 22.9. The van der Waals surface area contributed by atoms with E-state index in [1.165, 1.54) is 71.8 Å². The Kier molecular flexibility index (Phi) is 6.94. The zero-order chi connectivity index (χ0) is 23.9. The summed E-state index contributed by atoms with van der Waals surface area (Å²) < 4.78 is 1.12. The van der Waals surface area contributed by atoms with Gasteiger partial charge in [0.05, 0.1) is 0 Å². The molecule has 0 amide bonds. The number of aryl methyl sites for hydroxylation is 7. The van der Waals surface area contributed by atoms with Gasteiger partial charge in [-0.15, -0.1) is 0 Å². The molecule has 4 aromatic carbocycles. The van der Waals surface area contributed by atoms with Crippen molar-refractivity contribution in [1.82, 2.24) is 0 Å². The highest BCUT2D eigenvalue weighted by molar-refractivity contribution is 9.10. The Hall–Kier alpha value is -2.21. The van der Waals surface area contributed by atoms with Gasteiger partial charge in [-0.25, -0.2) is 0 Å². The molecule has 0 saturated carbocycles. The van der Waals surface area contributed by atoms with Crippen LogP contribution in [0.4, 0.5) is 0 Å². The van der Waals surface area contributed by atoms with E-state index in [4.69, 9.17) is 0 Å². The minimum absolute atomic E-state index is 0.577. The van der Waals surface area contributed by atoms with Gasteiger partial charge in [-0.05, 0) is 121 Å². The van der Waals surface area contributed by atoms with Crippen molar-refractivity contribution < 1.29 is 0 Å². The number of halogens is 1. The molecule has 0 fully saturated rings. The molecule has 33 heavy (non-hydrogen) atoms. The second-order valence-corrected chi connectivity index (χ2v) is 11.7. The maximum Gasteiger partial charge on any atom is 0.0175 e. The van der Waals surface area contributed by atoms with Crippen LogP contribution in [-0.4, -0.2) is 0 Å². The largest absolute Gasteiger partial charge is 0.0578 e. The minimum Gasteiger partial charge on any atom is -0.0578 e. The molecule has 0 heterocycles. The van der Waals surface area contributed by atoms with Gasteiger partial charge in [0, 0.05) is 4.47 Å². The fourth-order valence-corrected chi connectivity index (χ4v) is 6.75. The zero-order valence-electron chi connectivity index (χ0n) is 20.7. The Morgan fingerprint density at radius 1 is 0.515 bits per heavy atom. The fraction of sp³-hybridized carbons (Fsp3) is 0.226. The van der Waals surface area contributed by atoms with E-state index in [1.54, 1.807) is 0 Å². The van der Waals surface area contributed by atoms with Crippen LogP contribution >= 0.6 is 24.5 Å². The van der Waals surface area contributed by atoms with Crippen molar-refractivity contribution in [3.8, 4) is 22.3 Å². The maximum absolute atomic E-state index is 3.60. The van der Waals surface area contributed by atoms with Crippen LogP contribution in [0.5, 0.6) is 0 Å². The summed E-state index contributed by atoms with van der Waals surface area (Å²) in [5.74, 6) is 0. The summed E-state index contributed by atoms with van der Waals surface area (Å²) in [4.78, 5) is 0. The normalized spacial score (nSPS) is 11.5. The number of hydrogen-bond acceptors (Lipinski definition) is 0. The number of rotatable bonds is 4. The lowest BCUT2D eigenvalue weighted by molar-refractivity contribution is 1.31. The van der Waals surface area contributed by atoms with E-state index in [0.29, 0.717) is 8.58 Å². The Morgan fingerprint density at radius 3 is 1.27 bits per heavy atom. The van der Waals surface area contributed by atoms with Crippen molar-refractivity contribution in [2.45, 2.75) is 48.5 Å². The van der Waals surface area contributed by atoms with Crippen molar-refractivity contribution in [3.63, 3.8) is 0 Å². The van der Waals surface area contributed by atoms with Gasteiger partial charge < -0.3 is 0 Å². The molecule has 0 aliphatic carbocycles. The van der Waals surface area contributed by atoms with Crippen molar-refractivity contribution in [2.24, 2.45) is 0 Å². The second kappa shape index (κ2) is 9.57. The predicted octanol–water partition coefficient (Wildman–Crippen LogP) is 8.57. The van der Waals surface area contributed by atoms with Crippen LogP contribution in [-0.2, 0) is 0 Å². The first-order valence-corrected chi connectivity index (χ1v) is 13.3. The van der Waals surface area contributed by atoms with Crippen LogP contribution in [0.3, 0.4) is 0 Å². The van der Waals surface area contributed by atoms with Gasteiger partial charge in [-0.2, -0.15) is 0 Å². The van der Waals surface area contributed by atoms with Crippen molar-refractivity contribution >= 4 is 35.1 Å². The summed E-state index contributed by atoms with van der Waals surface area (Å²) in [5, 5.41) is 2.79. The third kappa shape index (κ3) is 5.01. The Balaban J connectivity index is 2.07. The lowest BCUT2D eigenvalue weighted by Crippen LogP contribution is -2.13. The highest BCUT2D eigenvalue weighted by atomic mass is 79.9. The lowest BCUT2D eigenvalue weighted by atomic mass is 9.88. The Morgan fingerprint density at radius 2 is 0.879 bits per heavy atom. The summed E-state index contributed by atoms with van der Waals surface area (Å²) in [6.07, 6.45) is 0. The second-order valence-electron chi connectivity index (χ2n) is 9.41. The summed E-state index contributed by atoms with van der Waals surface area (Å²) in [5.41, 5.74) is 14.9. The van der Waals surface area contributed by atoms with Crippen molar-refractivity contribution in [2.75, 3.05) is 0 Å². The molecule has 1 unspecified atom stereocenters. The first-order chi connectivity index (χ1) is 15.6. The van der Waals surface area contributed by atoms with E-state index in [1.807, 2.05) is 0 Å². The molecule has 0 aliphatic heterocycles. The van der Waals surface area contributed by atoms with Gasteiger partial charge in [-0.1, -0.05) is 84.2 Å². The smallest absolute Gasteiger partial charge is 0.0175 e. The van der Waals surface area contributed by atoms with E-state index in [-0.39, 0.29) is 0 Å². The monoisotopic (exact) mass is 514 g/mol. The summed E-state index contributed by atoms with van der Waals surface area (Å²) in [6.45, 7) is 15.6. The standard InChI is InChI=1S/C31H32BrP/c1-18-12-21(4)29(22(5)13-18)27-16-20(3)17-28(30-23(6)14-19(2)15-24(30)7)31(27)33-26-10-8-25(32)9-11-26/h8-17,33H,1-7H3. The van der Waals surface area contributed by atoms with Gasteiger partial charge in [0.2, 0.25) is 0 Å². The van der Waals surface area contributed by atoms with Crippen LogP contribution in [0.1, 0.15) is 38.9 Å². The molecule has 168 valence electrons. The quantitative estimate of drug-likeness (QED) is 0.239. The van der Waals surface area contributed by atoms with E-state index in [0.717, 1.165) is 4.47 Å². The molecule has 0 bridgehead atoms.